The highest BCUT2D eigenvalue weighted by Crippen LogP contribution is 2.35. The Morgan fingerprint density at radius 3 is 3.07 bits per heavy atom. The Labute approximate surface area is 88.0 Å². The summed E-state index contributed by atoms with van der Waals surface area (Å²) in [6, 6.07) is 3.20. The van der Waals surface area contributed by atoms with Crippen LogP contribution in [0.5, 0.6) is 5.75 Å². The number of nitrogens with two attached hydrogens (primary N) is 1. The fourth-order valence-electron chi connectivity index (χ4n) is 1.97. The SMILES string of the molecule is COc1c(F)ccc2c1[C@H](CN)OCC2. The first-order valence-corrected chi connectivity index (χ1v) is 4.95. The van der Waals surface area contributed by atoms with E-state index in [1.54, 1.807) is 6.07 Å². The van der Waals surface area contributed by atoms with Crippen LogP contribution in [0, 0.1) is 5.82 Å². The van der Waals surface area contributed by atoms with Gasteiger partial charge in [0, 0.05) is 12.1 Å². The summed E-state index contributed by atoms with van der Waals surface area (Å²) < 4.78 is 24.0. The third-order valence-corrected chi connectivity index (χ3v) is 2.67. The van der Waals surface area contributed by atoms with E-state index in [0.717, 1.165) is 17.5 Å². The number of fused-ring (bicyclic) bond motifs is 1. The van der Waals surface area contributed by atoms with Crippen LogP contribution in [0.4, 0.5) is 4.39 Å². The lowest BCUT2D eigenvalue weighted by molar-refractivity contribution is 0.0460. The molecule has 1 aromatic carbocycles. The zero-order valence-corrected chi connectivity index (χ0v) is 8.63. The normalized spacial score (nSPS) is 19.8. The molecule has 0 saturated carbocycles. The Hall–Kier alpha value is -1.13. The Kier molecular flexibility index (Phi) is 2.88. The number of benzene rings is 1. The second-order valence-electron chi connectivity index (χ2n) is 3.50. The molecule has 0 bridgehead atoms. The Balaban J connectivity index is 2.54. The molecule has 0 saturated heterocycles. The third-order valence-electron chi connectivity index (χ3n) is 2.67. The second kappa shape index (κ2) is 4.16. The van der Waals surface area contributed by atoms with Crippen LogP contribution in [-0.4, -0.2) is 20.3 Å². The van der Waals surface area contributed by atoms with E-state index in [-0.39, 0.29) is 17.7 Å². The lowest BCUT2D eigenvalue weighted by Gasteiger charge is -2.26. The molecule has 2 rings (SSSR count). The zero-order chi connectivity index (χ0) is 10.8. The molecule has 1 aliphatic heterocycles. The fourth-order valence-corrected chi connectivity index (χ4v) is 1.97. The Morgan fingerprint density at radius 2 is 2.40 bits per heavy atom. The summed E-state index contributed by atoms with van der Waals surface area (Å²) in [6.45, 7) is 0.969. The van der Waals surface area contributed by atoms with E-state index in [0.29, 0.717) is 13.2 Å². The van der Waals surface area contributed by atoms with Crippen molar-refractivity contribution in [2.45, 2.75) is 12.5 Å². The molecule has 4 heteroatoms. The molecule has 1 heterocycles. The van der Waals surface area contributed by atoms with E-state index >= 15 is 0 Å². The van der Waals surface area contributed by atoms with Crippen LogP contribution in [0.25, 0.3) is 0 Å². The average Bonchev–Trinajstić information content (AvgIpc) is 2.28. The van der Waals surface area contributed by atoms with Crippen molar-refractivity contribution in [3.8, 4) is 5.75 Å². The molecule has 0 unspecified atom stereocenters. The van der Waals surface area contributed by atoms with Crippen LogP contribution in [0.3, 0.4) is 0 Å². The van der Waals surface area contributed by atoms with Gasteiger partial charge in [-0.15, -0.1) is 0 Å². The van der Waals surface area contributed by atoms with Crippen molar-refractivity contribution in [2.24, 2.45) is 5.73 Å². The van der Waals surface area contributed by atoms with Gasteiger partial charge in [-0.25, -0.2) is 4.39 Å². The summed E-state index contributed by atoms with van der Waals surface area (Å²) in [7, 11) is 1.46. The van der Waals surface area contributed by atoms with Crippen molar-refractivity contribution in [1.82, 2.24) is 0 Å². The first-order valence-electron chi connectivity index (χ1n) is 4.95. The number of ether oxygens (including phenoxy) is 2. The summed E-state index contributed by atoms with van der Waals surface area (Å²) in [6.07, 6.45) is 0.530. The average molecular weight is 211 g/mol. The summed E-state index contributed by atoms with van der Waals surface area (Å²) in [4.78, 5) is 0. The molecule has 0 amide bonds. The standard InChI is InChI=1S/C11H14FNO2/c1-14-11-8(12)3-2-7-4-5-15-9(6-13)10(7)11/h2-3,9H,4-6,13H2,1H3/t9-/m0/s1. The van der Waals surface area contributed by atoms with Crippen LogP contribution in [0.2, 0.25) is 0 Å². The van der Waals surface area contributed by atoms with Gasteiger partial charge < -0.3 is 15.2 Å². The van der Waals surface area contributed by atoms with Gasteiger partial charge in [-0.1, -0.05) is 6.07 Å². The monoisotopic (exact) mass is 211 g/mol. The molecule has 15 heavy (non-hydrogen) atoms. The van der Waals surface area contributed by atoms with E-state index in [2.05, 4.69) is 0 Å². The Morgan fingerprint density at radius 1 is 1.60 bits per heavy atom. The molecule has 82 valence electrons. The van der Waals surface area contributed by atoms with E-state index in [9.17, 15) is 4.39 Å². The fraction of sp³-hybridized carbons (Fsp3) is 0.455. The van der Waals surface area contributed by atoms with Gasteiger partial charge in [0.25, 0.3) is 0 Å². The van der Waals surface area contributed by atoms with Gasteiger partial charge in [0.1, 0.15) is 0 Å². The van der Waals surface area contributed by atoms with Crippen LogP contribution >= 0.6 is 0 Å². The van der Waals surface area contributed by atoms with Crippen molar-refractivity contribution >= 4 is 0 Å². The largest absolute Gasteiger partial charge is 0.493 e. The van der Waals surface area contributed by atoms with Crippen molar-refractivity contribution in [3.63, 3.8) is 0 Å². The minimum absolute atomic E-state index is 0.251. The minimum atomic E-state index is -0.361. The Bertz CT molecular complexity index is 368. The maximum absolute atomic E-state index is 13.5. The second-order valence-corrected chi connectivity index (χ2v) is 3.50. The lowest BCUT2D eigenvalue weighted by Crippen LogP contribution is -2.24. The van der Waals surface area contributed by atoms with Crippen molar-refractivity contribution in [1.29, 1.82) is 0 Å². The van der Waals surface area contributed by atoms with Crippen LogP contribution in [0.1, 0.15) is 17.2 Å². The van der Waals surface area contributed by atoms with Crippen LogP contribution in [0.15, 0.2) is 12.1 Å². The zero-order valence-electron chi connectivity index (χ0n) is 8.63. The highest BCUT2D eigenvalue weighted by Gasteiger charge is 2.25. The molecule has 0 radical (unpaired) electrons. The maximum atomic E-state index is 13.5. The van der Waals surface area contributed by atoms with Crippen LogP contribution in [-0.2, 0) is 11.2 Å². The van der Waals surface area contributed by atoms with Crippen molar-refractivity contribution in [3.05, 3.63) is 29.1 Å². The molecule has 2 N–H and O–H groups in total. The summed E-state index contributed by atoms with van der Waals surface area (Å²) in [5.41, 5.74) is 7.42. The number of rotatable bonds is 2. The van der Waals surface area contributed by atoms with Crippen molar-refractivity contribution < 1.29 is 13.9 Å². The van der Waals surface area contributed by atoms with E-state index < -0.39 is 0 Å². The van der Waals surface area contributed by atoms with E-state index in [1.165, 1.54) is 13.2 Å². The molecule has 0 aromatic heterocycles. The summed E-state index contributed by atoms with van der Waals surface area (Å²) >= 11 is 0. The number of hydrogen-bond donors (Lipinski definition) is 1. The first-order chi connectivity index (χ1) is 7.27. The molecule has 0 spiro atoms. The molecular weight excluding hydrogens is 197 g/mol. The van der Waals surface area contributed by atoms with E-state index in [1.807, 2.05) is 0 Å². The summed E-state index contributed by atoms with van der Waals surface area (Å²) in [5.74, 6) is -0.0946. The van der Waals surface area contributed by atoms with Gasteiger partial charge in [-0.05, 0) is 18.1 Å². The maximum Gasteiger partial charge on any atom is 0.165 e. The highest BCUT2D eigenvalue weighted by atomic mass is 19.1. The molecule has 3 nitrogen and oxygen atoms in total. The number of methoxy groups -OCH3 is 1. The molecule has 0 aliphatic carbocycles. The first kappa shape index (κ1) is 10.4. The predicted octanol–water partition coefficient (Wildman–Crippen LogP) is 1.41. The van der Waals surface area contributed by atoms with Gasteiger partial charge >= 0.3 is 0 Å². The smallest absolute Gasteiger partial charge is 0.165 e. The summed E-state index contributed by atoms with van der Waals surface area (Å²) in [5, 5.41) is 0. The van der Waals surface area contributed by atoms with Gasteiger partial charge in [-0.2, -0.15) is 0 Å². The number of halogens is 1. The third kappa shape index (κ3) is 1.70. The van der Waals surface area contributed by atoms with Gasteiger partial charge in [0.15, 0.2) is 11.6 Å². The quantitative estimate of drug-likeness (QED) is 0.804. The van der Waals surface area contributed by atoms with E-state index in [4.69, 9.17) is 15.2 Å². The lowest BCUT2D eigenvalue weighted by atomic mass is 9.96. The van der Waals surface area contributed by atoms with Gasteiger partial charge in [-0.3, -0.25) is 0 Å². The molecular formula is C11H14FNO2. The predicted molar refractivity (Wildman–Crippen MR) is 54.4 cm³/mol. The van der Waals surface area contributed by atoms with Gasteiger partial charge in [0.2, 0.25) is 0 Å². The molecule has 1 atom stereocenters. The van der Waals surface area contributed by atoms with Crippen LogP contribution < -0.4 is 10.5 Å². The van der Waals surface area contributed by atoms with Gasteiger partial charge in [0.05, 0.1) is 19.8 Å². The molecule has 1 aromatic rings. The highest BCUT2D eigenvalue weighted by molar-refractivity contribution is 5.44. The molecule has 0 fully saturated rings. The van der Waals surface area contributed by atoms with Crippen molar-refractivity contribution in [2.75, 3.05) is 20.3 Å². The molecule has 1 aliphatic rings. The topological polar surface area (TPSA) is 44.5 Å². The minimum Gasteiger partial charge on any atom is -0.493 e. The number of hydrogen-bond acceptors (Lipinski definition) is 3.